The van der Waals surface area contributed by atoms with E-state index in [1.54, 1.807) is 7.11 Å². The van der Waals surface area contributed by atoms with E-state index >= 15 is 0 Å². The summed E-state index contributed by atoms with van der Waals surface area (Å²) in [5.41, 5.74) is 3.35. The Labute approximate surface area is 163 Å². The Morgan fingerprint density at radius 2 is 2.11 bits per heavy atom. The number of hydrogen-bond donors (Lipinski definition) is 1. The van der Waals surface area contributed by atoms with Crippen molar-refractivity contribution in [3.8, 4) is 11.5 Å². The summed E-state index contributed by atoms with van der Waals surface area (Å²) < 4.78 is 24.9. The molecule has 1 atom stereocenters. The van der Waals surface area contributed by atoms with Crippen molar-refractivity contribution in [1.82, 2.24) is 14.9 Å². The van der Waals surface area contributed by atoms with Crippen molar-refractivity contribution in [2.75, 3.05) is 33.4 Å². The van der Waals surface area contributed by atoms with Gasteiger partial charge >= 0.3 is 0 Å². The first-order chi connectivity index (χ1) is 13.7. The number of alkyl halides is 1. The number of aromatic nitrogens is 2. The van der Waals surface area contributed by atoms with Crippen LogP contribution in [0.4, 0.5) is 4.39 Å². The number of methoxy groups -OCH3 is 1. The minimum Gasteiger partial charge on any atom is -0.493 e. The van der Waals surface area contributed by atoms with E-state index in [2.05, 4.69) is 20.9 Å². The molecule has 2 fully saturated rings. The van der Waals surface area contributed by atoms with Gasteiger partial charge in [0.25, 0.3) is 0 Å². The van der Waals surface area contributed by atoms with E-state index in [0.717, 1.165) is 47.4 Å². The smallest absolute Gasteiger partial charge is 0.163 e. The van der Waals surface area contributed by atoms with E-state index in [1.165, 1.54) is 23.9 Å². The van der Waals surface area contributed by atoms with Crippen LogP contribution in [-0.4, -0.2) is 54.4 Å². The molecule has 28 heavy (non-hydrogen) atoms. The Balaban J connectivity index is 1.37. The van der Waals surface area contributed by atoms with Gasteiger partial charge < -0.3 is 19.4 Å². The maximum Gasteiger partial charge on any atom is 0.163 e. The lowest BCUT2D eigenvalue weighted by Crippen LogP contribution is -2.23. The number of hydrogen-bond acceptors (Lipinski definition) is 4. The van der Waals surface area contributed by atoms with Crippen LogP contribution in [0.15, 0.2) is 24.4 Å². The third kappa shape index (κ3) is 3.30. The lowest BCUT2D eigenvalue weighted by molar-refractivity contribution is 0.243. The number of ether oxygens (including phenoxy) is 2. The van der Waals surface area contributed by atoms with Crippen molar-refractivity contribution in [1.29, 1.82) is 0 Å². The maximum absolute atomic E-state index is 13.3. The van der Waals surface area contributed by atoms with E-state index in [-0.39, 0.29) is 0 Å². The number of nitrogens with one attached hydrogen (secondary N) is 1. The zero-order valence-corrected chi connectivity index (χ0v) is 16.2. The molecule has 6 heteroatoms. The van der Waals surface area contributed by atoms with Gasteiger partial charge in [-0.3, -0.25) is 4.98 Å². The highest BCUT2D eigenvalue weighted by Crippen LogP contribution is 2.45. The number of fused-ring (bicyclic) bond motifs is 3. The lowest BCUT2D eigenvalue weighted by Gasteiger charge is -2.15. The van der Waals surface area contributed by atoms with Gasteiger partial charge in [0.1, 0.15) is 6.17 Å². The molecule has 0 unspecified atom stereocenters. The van der Waals surface area contributed by atoms with E-state index in [0.29, 0.717) is 25.5 Å². The average Bonchev–Trinajstić information content (AvgIpc) is 3.37. The molecule has 1 saturated heterocycles. The third-order valence-electron chi connectivity index (χ3n) is 5.88. The molecule has 0 bridgehead atoms. The highest BCUT2D eigenvalue weighted by Gasteiger charge is 2.28. The van der Waals surface area contributed by atoms with Gasteiger partial charge in [-0.15, -0.1) is 0 Å². The Hall–Kier alpha value is -2.34. The first kappa shape index (κ1) is 17.7. The summed E-state index contributed by atoms with van der Waals surface area (Å²) in [6.07, 6.45) is 5.19. The monoisotopic (exact) mass is 383 g/mol. The summed E-state index contributed by atoms with van der Waals surface area (Å²) in [4.78, 5) is 10.3. The van der Waals surface area contributed by atoms with Gasteiger partial charge in [-0.25, -0.2) is 4.39 Å². The van der Waals surface area contributed by atoms with Crippen LogP contribution in [0.3, 0.4) is 0 Å². The van der Waals surface area contributed by atoms with E-state index in [1.807, 2.05) is 18.3 Å². The molecular weight excluding hydrogens is 357 g/mol. The second kappa shape index (κ2) is 7.24. The topological polar surface area (TPSA) is 50.4 Å². The minimum absolute atomic E-state index is 0.557. The highest BCUT2D eigenvalue weighted by atomic mass is 19.1. The molecule has 1 saturated carbocycles. The molecule has 1 aromatic carbocycles. The van der Waals surface area contributed by atoms with Crippen molar-refractivity contribution in [3.63, 3.8) is 0 Å². The van der Waals surface area contributed by atoms with Gasteiger partial charge in [0.2, 0.25) is 0 Å². The molecule has 0 radical (unpaired) electrons. The molecule has 0 spiro atoms. The molecule has 2 aromatic heterocycles. The van der Waals surface area contributed by atoms with Crippen LogP contribution >= 0.6 is 0 Å². The Bertz CT molecular complexity index is 998. The molecule has 5 rings (SSSR count). The van der Waals surface area contributed by atoms with Gasteiger partial charge in [-0.05, 0) is 37.8 Å². The highest BCUT2D eigenvalue weighted by molar-refractivity contribution is 6.09. The molecule has 1 aliphatic carbocycles. The van der Waals surface area contributed by atoms with Gasteiger partial charge in [0.15, 0.2) is 11.5 Å². The second-order valence-corrected chi connectivity index (χ2v) is 7.96. The average molecular weight is 383 g/mol. The van der Waals surface area contributed by atoms with Crippen molar-refractivity contribution < 1.29 is 13.9 Å². The Morgan fingerprint density at radius 1 is 1.21 bits per heavy atom. The second-order valence-electron chi connectivity index (χ2n) is 7.96. The van der Waals surface area contributed by atoms with E-state index in [4.69, 9.17) is 9.47 Å². The van der Waals surface area contributed by atoms with Gasteiger partial charge in [0.05, 0.1) is 24.9 Å². The predicted octanol–water partition coefficient (Wildman–Crippen LogP) is 4.41. The SMILES string of the molecule is COc1cc2c(cc1OCCCN1CC[C@H](F)C1)[nH]c1ccnc(C3CC3)c12. The first-order valence-electron chi connectivity index (χ1n) is 10.2. The fourth-order valence-electron chi connectivity index (χ4n) is 4.28. The molecule has 1 aliphatic heterocycles. The molecule has 1 N–H and O–H groups in total. The first-order valence-corrected chi connectivity index (χ1v) is 10.2. The van der Waals surface area contributed by atoms with Crippen LogP contribution in [0.25, 0.3) is 21.8 Å². The summed E-state index contributed by atoms with van der Waals surface area (Å²) in [5, 5.41) is 2.35. The number of likely N-dealkylation sites (tertiary alicyclic amines) is 1. The number of benzene rings is 1. The van der Waals surface area contributed by atoms with Crippen molar-refractivity contribution in [2.45, 2.75) is 37.8 Å². The zero-order chi connectivity index (χ0) is 19.1. The van der Waals surface area contributed by atoms with Crippen LogP contribution < -0.4 is 9.47 Å². The summed E-state index contributed by atoms with van der Waals surface area (Å²) in [6.45, 7) is 2.86. The molecule has 0 amide bonds. The Kier molecular flexibility index (Phi) is 4.59. The standard InChI is InChI=1S/C22H26FN3O2/c1-27-19-11-16-18(25-17-5-7-24-22(21(16)17)14-3-4-14)12-20(19)28-10-2-8-26-9-6-15(23)13-26/h5,7,11-12,14-15,25H,2-4,6,8-10,13H2,1H3/t15-/m0/s1. The third-order valence-corrected chi connectivity index (χ3v) is 5.88. The molecule has 5 nitrogen and oxygen atoms in total. The van der Waals surface area contributed by atoms with Crippen LogP contribution in [0, 0.1) is 0 Å². The summed E-state index contributed by atoms with van der Waals surface area (Å²) in [6, 6.07) is 6.12. The van der Waals surface area contributed by atoms with Gasteiger partial charge in [-0.2, -0.15) is 0 Å². The maximum atomic E-state index is 13.3. The fourth-order valence-corrected chi connectivity index (χ4v) is 4.28. The van der Waals surface area contributed by atoms with Crippen molar-refractivity contribution in [3.05, 3.63) is 30.1 Å². The predicted molar refractivity (Wildman–Crippen MR) is 108 cm³/mol. The van der Waals surface area contributed by atoms with Crippen molar-refractivity contribution in [2.24, 2.45) is 0 Å². The number of nitrogens with zero attached hydrogens (tertiary/aromatic N) is 2. The fraction of sp³-hybridized carbons (Fsp3) is 0.500. The quantitative estimate of drug-likeness (QED) is 0.614. The van der Waals surface area contributed by atoms with E-state index in [9.17, 15) is 4.39 Å². The largest absolute Gasteiger partial charge is 0.493 e. The van der Waals surface area contributed by atoms with Crippen LogP contribution in [0.2, 0.25) is 0 Å². The lowest BCUT2D eigenvalue weighted by atomic mass is 10.1. The number of H-pyrrole nitrogens is 1. The molecule has 3 heterocycles. The molecule has 3 aromatic rings. The van der Waals surface area contributed by atoms with Gasteiger partial charge in [0, 0.05) is 54.1 Å². The number of pyridine rings is 1. The zero-order valence-electron chi connectivity index (χ0n) is 16.2. The summed E-state index contributed by atoms with van der Waals surface area (Å²) in [7, 11) is 1.68. The minimum atomic E-state index is -0.666. The normalized spacial score (nSPS) is 20.3. The van der Waals surface area contributed by atoms with Crippen molar-refractivity contribution >= 4 is 21.8 Å². The van der Waals surface area contributed by atoms with Crippen LogP contribution in [0.1, 0.15) is 37.3 Å². The number of halogens is 1. The van der Waals surface area contributed by atoms with E-state index < -0.39 is 6.17 Å². The Morgan fingerprint density at radius 3 is 2.86 bits per heavy atom. The number of rotatable bonds is 7. The van der Waals surface area contributed by atoms with Crippen LogP contribution in [0.5, 0.6) is 11.5 Å². The molecule has 148 valence electrons. The molecule has 2 aliphatic rings. The molecular formula is C22H26FN3O2. The number of aromatic amines is 1. The van der Waals surface area contributed by atoms with Crippen LogP contribution in [-0.2, 0) is 0 Å². The summed E-state index contributed by atoms with van der Waals surface area (Å²) >= 11 is 0. The van der Waals surface area contributed by atoms with Gasteiger partial charge in [-0.1, -0.05) is 0 Å². The summed E-state index contributed by atoms with van der Waals surface area (Å²) in [5.74, 6) is 2.07.